The number of carboxylic acids is 1. The second kappa shape index (κ2) is 6.78. The number of rotatable bonds is 3. The molecule has 1 saturated heterocycles. The number of carbonyl (C=O) groups excluding carboxylic acids is 1. The summed E-state index contributed by atoms with van der Waals surface area (Å²) in [6.07, 6.45) is 1.94. The monoisotopic (exact) mass is 311 g/mol. The second-order valence-electron chi connectivity index (χ2n) is 5.19. The van der Waals surface area contributed by atoms with E-state index in [2.05, 4.69) is 15.5 Å². The topological polar surface area (TPSA) is 81.7 Å². The number of carboxylic acid groups (broad SMARTS) is 1. The number of carbonyl (C=O) groups is 2. The standard InChI is InChI=1S/C14H18ClN3O3/c1-18-6-2-3-10(8-18)16-14(21)17-12-7-9(15)4-5-11(12)13(19)20/h4-5,7,10H,2-3,6,8H2,1H3,(H,19,20)(H2,16,17,21). The number of hydrogen-bond acceptors (Lipinski definition) is 3. The van der Waals surface area contributed by atoms with E-state index in [4.69, 9.17) is 16.7 Å². The number of amides is 2. The lowest BCUT2D eigenvalue weighted by Gasteiger charge is -2.30. The highest BCUT2D eigenvalue weighted by molar-refractivity contribution is 6.31. The summed E-state index contributed by atoms with van der Waals surface area (Å²) in [6.45, 7) is 1.81. The molecule has 2 amide bonds. The Bertz CT molecular complexity index is 550. The third kappa shape index (κ3) is 4.34. The third-order valence-electron chi connectivity index (χ3n) is 3.42. The number of nitrogens with one attached hydrogen (secondary N) is 2. The van der Waals surface area contributed by atoms with Gasteiger partial charge in [-0.1, -0.05) is 11.6 Å². The van der Waals surface area contributed by atoms with Crippen molar-refractivity contribution in [1.82, 2.24) is 10.2 Å². The molecule has 1 fully saturated rings. The van der Waals surface area contributed by atoms with Gasteiger partial charge in [-0.25, -0.2) is 9.59 Å². The molecule has 0 bridgehead atoms. The number of anilines is 1. The molecular weight excluding hydrogens is 294 g/mol. The van der Waals surface area contributed by atoms with Crippen molar-refractivity contribution in [3.05, 3.63) is 28.8 Å². The Balaban J connectivity index is 2.02. The maximum Gasteiger partial charge on any atom is 0.337 e. The first-order valence-corrected chi connectivity index (χ1v) is 7.12. The lowest BCUT2D eigenvalue weighted by Crippen LogP contribution is -2.47. The summed E-state index contributed by atoms with van der Waals surface area (Å²) in [5.41, 5.74) is 0.201. The Morgan fingerprint density at radius 2 is 2.19 bits per heavy atom. The van der Waals surface area contributed by atoms with Crippen molar-refractivity contribution in [3.63, 3.8) is 0 Å². The van der Waals surface area contributed by atoms with Crippen LogP contribution in [0, 0.1) is 0 Å². The van der Waals surface area contributed by atoms with Gasteiger partial charge >= 0.3 is 12.0 Å². The zero-order valence-electron chi connectivity index (χ0n) is 11.7. The van der Waals surface area contributed by atoms with E-state index in [9.17, 15) is 9.59 Å². The molecule has 1 aromatic rings. The molecule has 7 heteroatoms. The van der Waals surface area contributed by atoms with E-state index in [-0.39, 0.29) is 17.3 Å². The van der Waals surface area contributed by atoms with Crippen LogP contribution in [-0.4, -0.2) is 48.2 Å². The zero-order chi connectivity index (χ0) is 15.4. The Morgan fingerprint density at radius 1 is 1.43 bits per heavy atom. The first-order chi connectivity index (χ1) is 9.95. The minimum absolute atomic E-state index is 0.00955. The minimum atomic E-state index is -1.11. The number of likely N-dealkylation sites (N-methyl/N-ethyl adjacent to an activating group) is 1. The van der Waals surface area contributed by atoms with Gasteiger partial charge in [-0.2, -0.15) is 0 Å². The van der Waals surface area contributed by atoms with E-state index in [1.54, 1.807) is 0 Å². The fraction of sp³-hybridized carbons (Fsp3) is 0.429. The third-order valence-corrected chi connectivity index (χ3v) is 3.66. The number of benzene rings is 1. The minimum Gasteiger partial charge on any atom is -0.478 e. The normalized spacial score (nSPS) is 19.0. The largest absolute Gasteiger partial charge is 0.478 e. The summed E-state index contributed by atoms with van der Waals surface area (Å²) < 4.78 is 0. The fourth-order valence-corrected chi connectivity index (χ4v) is 2.61. The Morgan fingerprint density at radius 3 is 2.86 bits per heavy atom. The van der Waals surface area contributed by atoms with Crippen LogP contribution in [-0.2, 0) is 0 Å². The molecule has 1 unspecified atom stereocenters. The van der Waals surface area contributed by atoms with Crippen molar-refractivity contribution in [2.75, 3.05) is 25.5 Å². The predicted octanol–water partition coefficient (Wildman–Crippen LogP) is 2.25. The molecule has 1 atom stereocenters. The molecule has 0 aromatic heterocycles. The Kier molecular flexibility index (Phi) is 5.03. The van der Waals surface area contributed by atoms with Crippen LogP contribution in [0.1, 0.15) is 23.2 Å². The number of nitrogens with zero attached hydrogens (tertiary/aromatic N) is 1. The summed E-state index contributed by atoms with van der Waals surface area (Å²) in [7, 11) is 2.01. The summed E-state index contributed by atoms with van der Waals surface area (Å²) in [5.74, 6) is -1.11. The van der Waals surface area contributed by atoms with Crippen LogP contribution < -0.4 is 10.6 Å². The van der Waals surface area contributed by atoms with E-state index in [1.807, 2.05) is 7.05 Å². The number of halogens is 1. The van der Waals surface area contributed by atoms with Gasteiger partial charge in [0.15, 0.2) is 0 Å². The van der Waals surface area contributed by atoms with E-state index in [0.29, 0.717) is 5.02 Å². The van der Waals surface area contributed by atoms with Gasteiger partial charge in [-0.3, -0.25) is 0 Å². The smallest absolute Gasteiger partial charge is 0.337 e. The molecule has 3 N–H and O–H groups in total. The molecule has 21 heavy (non-hydrogen) atoms. The molecule has 1 aromatic carbocycles. The zero-order valence-corrected chi connectivity index (χ0v) is 12.5. The van der Waals surface area contributed by atoms with Crippen molar-refractivity contribution in [2.45, 2.75) is 18.9 Å². The number of aromatic carboxylic acids is 1. The van der Waals surface area contributed by atoms with Crippen molar-refractivity contribution < 1.29 is 14.7 Å². The number of piperidine rings is 1. The van der Waals surface area contributed by atoms with Gasteiger partial charge in [-0.05, 0) is 44.6 Å². The van der Waals surface area contributed by atoms with Crippen LogP contribution in [0.15, 0.2) is 18.2 Å². The van der Waals surface area contributed by atoms with Crippen molar-refractivity contribution in [3.8, 4) is 0 Å². The Labute approximate surface area is 128 Å². The average molecular weight is 312 g/mol. The molecule has 0 radical (unpaired) electrons. The van der Waals surface area contributed by atoms with Gasteiger partial charge in [0.2, 0.25) is 0 Å². The number of hydrogen-bond donors (Lipinski definition) is 3. The molecule has 1 aliphatic heterocycles. The highest BCUT2D eigenvalue weighted by Crippen LogP contribution is 2.21. The fourth-order valence-electron chi connectivity index (χ4n) is 2.43. The summed E-state index contributed by atoms with van der Waals surface area (Å²) >= 11 is 5.84. The van der Waals surface area contributed by atoms with Crippen LogP contribution in [0.4, 0.5) is 10.5 Å². The second-order valence-corrected chi connectivity index (χ2v) is 5.63. The van der Waals surface area contributed by atoms with Gasteiger partial charge in [-0.15, -0.1) is 0 Å². The van der Waals surface area contributed by atoms with Gasteiger partial charge < -0.3 is 20.6 Å². The highest BCUT2D eigenvalue weighted by Gasteiger charge is 2.20. The number of urea groups is 1. The van der Waals surface area contributed by atoms with Crippen molar-refractivity contribution >= 4 is 29.3 Å². The first kappa shape index (κ1) is 15.6. The van der Waals surface area contributed by atoms with Crippen LogP contribution in [0.3, 0.4) is 0 Å². The first-order valence-electron chi connectivity index (χ1n) is 6.74. The molecule has 1 aliphatic rings. The number of likely N-dealkylation sites (tertiary alicyclic amines) is 1. The van der Waals surface area contributed by atoms with Gasteiger partial charge in [0.25, 0.3) is 0 Å². The van der Waals surface area contributed by atoms with Crippen LogP contribution in [0.5, 0.6) is 0 Å². The van der Waals surface area contributed by atoms with E-state index in [1.165, 1.54) is 18.2 Å². The molecule has 114 valence electrons. The maximum atomic E-state index is 12.0. The molecular formula is C14H18ClN3O3. The van der Waals surface area contributed by atoms with E-state index >= 15 is 0 Å². The molecule has 0 aliphatic carbocycles. The maximum absolute atomic E-state index is 12.0. The van der Waals surface area contributed by atoms with E-state index in [0.717, 1.165) is 25.9 Å². The summed E-state index contributed by atoms with van der Waals surface area (Å²) in [6, 6.07) is 3.92. The molecule has 1 heterocycles. The average Bonchev–Trinajstić information content (AvgIpc) is 2.38. The molecule has 2 rings (SSSR count). The SMILES string of the molecule is CN1CCCC(NC(=O)Nc2cc(Cl)ccc2C(=O)O)C1. The van der Waals surface area contributed by atoms with Gasteiger partial charge in [0, 0.05) is 17.6 Å². The van der Waals surface area contributed by atoms with Crippen LogP contribution >= 0.6 is 11.6 Å². The van der Waals surface area contributed by atoms with Crippen LogP contribution in [0.25, 0.3) is 0 Å². The molecule has 0 spiro atoms. The van der Waals surface area contributed by atoms with Gasteiger partial charge in [0.05, 0.1) is 11.3 Å². The Hall–Kier alpha value is -1.79. The summed E-state index contributed by atoms with van der Waals surface area (Å²) in [5, 5.41) is 14.9. The highest BCUT2D eigenvalue weighted by atomic mass is 35.5. The summed E-state index contributed by atoms with van der Waals surface area (Å²) in [4.78, 5) is 25.3. The quantitative estimate of drug-likeness (QED) is 0.799. The predicted molar refractivity (Wildman–Crippen MR) is 81.1 cm³/mol. The lowest BCUT2D eigenvalue weighted by atomic mass is 10.1. The van der Waals surface area contributed by atoms with E-state index < -0.39 is 12.0 Å². The van der Waals surface area contributed by atoms with Crippen molar-refractivity contribution in [1.29, 1.82) is 0 Å². The molecule has 0 saturated carbocycles. The molecule has 6 nitrogen and oxygen atoms in total. The van der Waals surface area contributed by atoms with Gasteiger partial charge in [0.1, 0.15) is 0 Å². The van der Waals surface area contributed by atoms with Crippen LogP contribution in [0.2, 0.25) is 5.02 Å². The lowest BCUT2D eigenvalue weighted by molar-refractivity contribution is 0.0698. The van der Waals surface area contributed by atoms with Crippen molar-refractivity contribution in [2.24, 2.45) is 0 Å².